The van der Waals surface area contributed by atoms with E-state index >= 15 is 0 Å². The minimum atomic E-state index is -3.31. The summed E-state index contributed by atoms with van der Waals surface area (Å²) in [4.78, 5) is 2.40. The fourth-order valence-corrected chi connectivity index (χ4v) is 5.41. The highest BCUT2D eigenvalue weighted by Crippen LogP contribution is 2.23. The first kappa shape index (κ1) is 19.1. The molecule has 140 valence electrons. The monoisotopic (exact) mass is 372 g/mol. The number of benzene rings is 2. The summed E-state index contributed by atoms with van der Waals surface area (Å²) in [6.07, 6.45) is 0. The zero-order valence-corrected chi connectivity index (χ0v) is 16.6. The molecule has 0 radical (unpaired) electrons. The van der Waals surface area contributed by atoms with Gasteiger partial charge in [0.2, 0.25) is 10.0 Å². The molecule has 0 bridgehead atoms. The Morgan fingerprint density at radius 3 is 2.15 bits per heavy atom. The van der Waals surface area contributed by atoms with Gasteiger partial charge in [0, 0.05) is 31.7 Å². The van der Waals surface area contributed by atoms with Crippen molar-refractivity contribution < 1.29 is 8.42 Å². The Balaban J connectivity index is 1.69. The molecule has 2 unspecified atom stereocenters. The summed E-state index contributed by atoms with van der Waals surface area (Å²) in [5.74, 6) is 0.0762. The van der Waals surface area contributed by atoms with Gasteiger partial charge in [0.1, 0.15) is 0 Å². The summed E-state index contributed by atoms with van der Waals surface area (Å²) in [6, 6.07) is 18.5. The van der Waals surface area contributed by atoms with Gasteiger partial charge in [-0.3, -0.25) is 4.90 Å². The van der Waals surface area contributed by atoms with Gasteiger partial charge in [-0.05, 0) is 31.9 Å². The van der Waals surface area contributed by atoms with Crippen LogP contribution in [0.15, 0.2) is 54.6 Å². The van der Waals surface area contributed by atoms with E-state index in [-0.39, 0.29) is 17.8 Å². The van der Waals surface area contributed by atoms with Crippen LogP contribution in [-0.2, 0) is 22.3 Å². The first-order chi connectivity index (χ1) is 12.3. The number of nitrogens with zero attached hydrogens (tertiary/aromatic N) is 2. The second-order valence-electron chi connectivity index (χ2n) is 7.42. The van der Waals surface area contributed by atoms with Gasteiger partial charge in [-0.2, -0.15) is 4.31 Å². The molecule has 0 aromatic heterocycles. The lowest BCUT2D eigenvalue weighted by atomic mass is 10.1. The van der Waals surface area contributed by atoms with Gasteiger partial charge in [0.05, 0.1) is 5.75 Å². The maximum atomic E-state index is 12.9. The number of hydrogen-bond acceptors (Lipinski definition) is 3. The summed E-state index contributed by atoms with van der Waals surface area (Å²) >= 11 is 0. The van der Waals surface area contributed by atoms with Crippen LogP contribution in [0.25, 0.3) is 0 Å². The Morgan fingerprint density at radius 1 is 0.923 bits per heavy atom. The molecule has 4 nitrogen and oxygen atoms in total. The van der Waals surface area contributed by atoms with Crippen LogP contribution in [-0.4, -0.2) is 42.8 Å². The van der Waals surface area contributed by atoms with Crippen LogP contribution in [0.5, 0.6) is 0 Å². The largest absolute Gasteiger partial charge is 0.291 e. The Labute approximate surface area is 157 Å². The van der Waals surface area contributed by atoms with E-state index in [4.69, 9.17) is 0 Å². The molecule has 0 spiro atoms. The zero-order chi connectivity index (χ0) is 18.7. The predicted octanol–water partition coefficient (Wildman–Crippen LogP) is 3.42. The second-order valence-corrected chi connectivity index (χ2v) is 9.39. The molecule has 1 heterocycles. The smallest absolute Gasteiger partial charge is 0.218 e. The SMILES string of the molecule is Cc1cccc(CS(=O)(=O)N2CC(C)N(Cc3ccccc3)C(C)C2)c1. The van der Waals surface area contributed by atoms with Gasteiger partial charge in [0.25, 0.3) is 0 Å². The van der Waals surface area contributed by atoms with Gasteiger partial charge in [0.15, 0.2) is 0 Å². The Kier molecular flexibility index (Phi) is 5.80. The molecule has 0 aliphatic carbocycles. The van der Waals surface area contributed by atoms with Crippen molar-refractivity contribution in [3.8, 4) is 0 Å². The quantitative estimate of drug-likeness (QED) is 0.807. The van der Waals surface area contributed by atoms with Crippen molar-refractivity contribution in [1.82, 2.24) is 9.21 Å². The highest BCUT2D eigenvalue weighted by Gasteiger charge is 2.35. The van der Waals surface area contributed by atoms with E-state index in [1.165, 1.54) is 5.56 Å². The molecule has 2 atom stereocenters. The highest BCUT2D eigenvalue weighted by atomic mass is 32.2. The van der Waals surface area contributed by atoms with Crippen LogP contribution in [0.2, 0.25) is 0 Å². The molecule has 1 fully saturated rings. The lowest BCUT2D eigenvalue weighted by molar-refractivity contribution is 0.0698. The minimum Gasteiger partial charge on any atom is -0.291 e. The third kappa shape index (κ3) is 4.53. The van der Waals surface area contributed by atoms with Gasteiger partial charge in [-0.15, -0.1) is 0 Å². The maximum absolute atomic E-state index is 12.9. The summed E-state index contributed by atoms with van der Waals surface area (Å²) in [5, 5.41) is 0. The molecular weight excluding hydrogens is 344 g/mol. The van der Waals surface area contributed by atoms with Crippen molar-refractivity contribution in [2.45, 2.75) is 45.2 Å². The number of aryl methyl sites for hydroxylation is 1. The maximum Gasteiger partial charge on any atom is 0.218 e. The Bertz CT molecular complexity index is 824. The fourth-order valence-electron chi connectivity index (χ4n) is 3.74. The van der Waals surface area contributed by atoms with E-state index in [1.807, 2.05) is 49.4 Å². The van der Waals surface area contributed by atoms with Crippen LogP contribution in [0.3, 0.4) is 0 Å². The number of sulfonamides is 1. The standard InChI is InChI=1S/C21H28N2O2S/c1-17-8-7-11-21(12-17)16-26(24,25)22-13-18(2)23(19(3)14-22)15-20-9-5-4-6-10-20/h4-12,18-19H,13-16H2,1-3H3. The van der Waals surface area contributed by atoms with Crippen molar-refractivity contribution >= 4 is 10.0 Å². The van der Waals surface area contributed by atoms with Crippen LogP contribution in [0.4, 0.5) is 0 Å². The summed E-state index contributed by atoms with van der Waals surface area (Å²) < 4.78 is 27.5. The molecule has 5 heteroatoms. The highest BCUT2D eigenvalue weighted by molar-refractivity contribution is 7.88. The number of rotatable bonds is 5. The molecule has 0 amide bonds. The molecule has 1 aliphatic heterocycles. The molecule has 1 aliphatic rings. The van der Waals surface area contributed by atoms with E-state index in [0.29, 0.717) is 13.1 Å². The molecule has 0 saturated carbocycles. The lowest BCUT2D eigenvalue weighted by Gasteiger charge is -2.43. The topological polar surface area (TPSA) is 40.6 Å². The Morgan fingerprint density at radius 2 is 1.54 bits per heavy atom. The summed E-state index contributed by atoms with van der Waals surface area (Å²) in [5.41, 5.74) is 3.21. The van der Waals surface area contributed by atoms with Gasteiger partial charge < -0.3 is 0 Å². The van der Waals surface area contributed by atoms with Crippen molar-refractivity contribution in [1.29, 1.82) is 0 Å². The molecule has 2 aromatic carbocycles. The van der Waals surface area contributed by atoms with Crippen molar-refractivity contribution in [3.63, 3.8) is 0 Å². The first-order valence-corrected chi connectivity index (χ1v) is 10.8. The fraction of sp³-hybridized carbons (Fsp3) is 0.429. The zero-order valence-electron chi connectivity index (χ0n) is 15.8. The third-order valence-corrected chi connectivity index (χ3v) is 6.88. The first-order valence-electron chi connectivity index (χ1n) is 9.18. The van der Waals surface area contributed by atoms with E-state index in [2.05, 4.69) is 30.9 Å². The van der Waals surface area contributed by atoms with Gasteiger partial charge in [-0.1, -0.05) is 60.2 Å². The molecule has 0 N–H and O–H groups in total. The summed E-state index contributed by atoms with van der Waals surface area (Å²) in [7, 11) is -3.31. The minimum absolute atomic E-state index is 0.0762. The van der Waals surface area contributed by atoms with Crippen molar-refractivity contribution in [3.05, 3.63) is 71.3 Å². The molecule has 1 saturated heterocycles. The van der Waals surface area contributed by atoms with E-state index in [0.717, 1.165) is 17.7 Å². The summed E-state index contributed by atoms with van der Waals surface area (Å²) in [6.45, 7) is 8.18. The van der Waals surface area contributed by atoms with Crippen LogP contribution < -0.4 is 0 Å². The number of piperazine rings is 1. The molecule has 3 rings (SSSR count). The molecule has 2 aromatic rings. The van der Waals surface area contributed by atoms with E-state index in [9.17, 15) is 8.42 Å². The third-order valence-electron chi connectivity index (χ3n) is 5.10. The lowest BCUT2D eigenvalue weighted by Crippen LogP contribution is -2.57. The van der Waals surface area contributed by atoms with Gasteiger partial charge >= 0.3 is 0 Å². The number of hydrogen-bond donors (Lipinski definition) is 0. The van der Waals surface area contributed by atoms with Crippen molar-refractivity contribution in [2.24, 2.45) is 0 Å². The Hall–Kier alpha value is -1.69. The van der Waals surface area contributed by atoms with E-state index in [1.54, 1.807) is 4.31 Å². The van der Waals surface area contributed by atoms with E-state index < -0.39 is 10.0 Å². The average molecular weight is 373 g/mol. The van der Waals surface area contributed by atoms with Gasteiger partial charge in [-0.25, -0.2) is 8.42 Å². The molecule has 26 heavy (non-hydrogen) atoms. The second kappa shape index (κ2) is 7.91. The van der Waals surface area contributed by atoms with Crippen LogP contribution in [0.1, 0.15) is 30.5 Å². The van der Waals surface area contributed by atoms with Crippen molar-refractivity contribution in [2.75, 3.05) is 13.1 Å². The molecular formula is C21H28N2O2S. The van der Waals surface area contributed by atoms with Crippen LogP contribution >= 0.6 is 0 Å². The predicted molar refractivity (Wildman–Crippen MR) is 106 cm³/mol. The van der Waals surface area contributed by atoms with Crippen LogP contribution in [0, 0.1) is 6.92 Å². The average Bonchev–Trinajstić information content (AvgIpc) is 2.58. The normalized spacial score (nSPS) is 22.4.